The van der Waals surface area contributed by atoms with Crippen LogP contribution in [0.1, 0.15) is 23.7 Å². The first kappa shape index (κ1) is 28.6. The van der Waals surface area contributed by atoms with E-state index in [1.54, 1.807) is 12.1 Å². The summed E-state index contributed by atoms with van der Waals surface area (Å²) in [6.07, 6.45) is 3.49. The van der Waals surface area contributed by atoms with Gasteiger partial charge in [-0.05, 0) is 44.7 Å². The van der Waals surface area contributed by atoms with Crippen LogP contribution in [0.15, 0.2) is 37.1 Å². The van der Waals surface area contributed by atoms with Crippen molar-refractivity contribution in [3.8, 4) is 5.88 Å². The Morgan fingerprint density at radius 2 is 2.00 bits per heavy atom. The van der Waals surface area contributed by atoms with Crippen molar-refractivity contribution in [3.05, 3.63) is 47.6 Å². The summed E-state index contributed by atoms with van der Waals surface area (Å²) in [7, 11) is 2.08. The van der Waals surface area contributed by atoms with Crippen molar-refractivity contribution < 1.29 is 19.1 Å². The molecule has 0 spiro atoms. The highest BCUT2D eigenvalue weighted by Gasteiger charge is 2.29. The van der Waals surface area contributed by atoms with Gasteiger partial charge in [0.15, 0.2) is 0 Å². The number of hydrogen-bond donors (Lipinski definition) is 2. The summed E-state index contributed by atoms with van der Waals surface area (Å²) in [6.45, 7) is 11.4. The molecule has 2 fully saturated rings. The van der Waals surface area contributed by atoms with E-state index < -0.39 is 0 Å². The molecular formula is C27H36ClN7O4. The van der Waals surface area contributed by atoms with E-state index in [4.69, 9.17) is 21.1 Å². The number of piperazine rings is 1. The van der Waals surface area contributed by atoms with Crippen molar-refractivity contribution in [2.45, 2.75) is 19.4 Å². The zero-order chi connectivity index (χ0) is 27.8. The normalized spacial score (nSPS) is 17.7. The minimum absolute atomic E-state index is 0.0188. The van der Waals surface area contributed by atoms with Crippen LogP contribution in [0.2, 0.25) is 5.02 Å². The van der Waals surface area contributed by atoms with E-state index in [0.29, 0.717) is 61.0 Å². The maximum Gasteiger partial charge on any atom is 0.254 e. The van der Waals surface area contributed by atoms with E-state index in [-0.39, 0.29) is 17.9 Å². The third-order valence-corrected chi connectivity index (χ3v) is 6.98. The van der Waals surface area contributed by atoms with Crippen molar-refractivity contribution in [1.29, 1.82) is 0 Å². The molecule has 0 bridgehead atoms. The maximum absolute atomic E-state index is 13.5. The molecule has 3 heterocycles. The second kappa shape index (κ2) is 13.6. The molecule has 0 radical (unpaired) electrons. The van der Waals surface area contributed by atoms with Crippen molar-refractivity contribution in [1.82, 2.24) is 19.8 Å². The summed E-state index contributed by atoms with van der Waals surface area (Å²) in [5.41, 5.74) is 2.08. The molecule has 210 valence electrons. The number of carbonyl (C=O) groups excluding carboxylic acids is 2. The molecule has 2 saturated heterocycles. The Kier molecular flexibility index (Phi) is 9.96. The number of ether oxygens (including phenoxy) is 2. The number of halogens is 1. The Balaban J connectivity index is 1.42. The van der Waals surface area contributed by atoms with Gasteiger partial charge in [-0.2, -0.15) is 4.98 Å². The van der Waals surface area contributed by atoms with Gasteiger partial charge in [0.05, 0.1) is 24.2 Å². The van der Waals surface area contributed by atoms with Gasteiger partial charge in [-0.15, -0.1) is 0 Å². The molecule has 1 aromatic carbocycles. The van der Waals surface area contributed by atoms with Crippen LogP contribution in [0.4, 0.5) is 17.3 Å². The van der Waals surface area contributed by atoms with Gasteiger partial charge < -0.3 is 34.8 Å². The van der Waals surface area contributed by atoms with Crippen LogP contribution in [0.3, 0.4) is 0 Å². The highest BCUT2D eigenvalue weighted by atomic mass is 35.5. The molecule has 0 unspecified atom stereocenters. The number of nitrogens with zero attached hydrogens (tertiary/aromatic N) is 5. The van der Waals surface area contributed by atoms with Crippen LogP contribution < -0.4 is 20.3 Å². The number of carbonyl (C=O) groups is 2. The van der Waals surface area contributed by atoms with Crippen LogP contribution >= 0.6 is 11.6 Å². The predicted molar refractivity (Wildman–Crippen MR) is 152 cm³/mol. The van der Waals surface area contributed by atoms with Crippen molar-refractivity contribution in [2.24, 2.45) is 0 Å². The molecule has 2 amide bonds. The zero-order valence-corrected chi connectivity index (χ0v) is 23.2. The van der Waals surface area contributed by atoms with E-state index >= 15 is 0 Å². The van der Waals surface area contributed by atoms with Gasteiger partial charge in [-0.3, -0.25) is 9.59 Å². The van der Waals surface area contributed by atoms with Crippen molar-refractivity contribution in [3.63, 3.8) is 0 Å². The Morgan fingerprint density at radius 3 is 2.74 bits per heavy atom. The minimum atomic E-state index is -0.287. The largest absolute Gasteiger partial charge is 0.474 e. The standard InChI is InChI=1S/C27H36ClN7O4/c1-4-24(36)31-22-7-6-19(16-23(22)34-12-10-33(3)11-13-34)26(37)35-9-8-20(18-35)30-27-29-17-21(28)25(32-27)39-15-14-38-5-2/h4,6-7,16-17,20H,1,5,8-15,18H2,2-3H3,(H,31,36)(H,29,30,32)/t20-/m0/s1. The summed E-state index contributed by atoms with van der Waals surface area (Å²) in [5, 5.41) is 6.50. The SMILES string of the molecule is C=CC(=O)Nc1ccc(C(=O)N2CC[C@H](Nc3ncc(Cl)c(OCCOCC)n3)C2)cc1N1CCN(C)CC1. The summed E-state index contributed by atoms with van der Waals surface area (Å²) in [5.74, 6) is 0.336. The first-order chi connectivity index (χ1) is 18.9. The molecule has 12 heteroatoms. The molecule has 2 aliphatic rings. The minimum Gasteiger partial charge on any atom is -0.474 e. The Bertz CT molecular complexity index is 1170. The quantitative estimate of drug-likeness (QED) is 0.318. The van der Waals surface area contributed by atoms with E-state index in [1.165, 1.54) is 12.3 Å². The number of hydrogen-bond acceptors (Lipinski definition) is 9. The number of anilines is 3. The van der Waals surface area contributed by atoms with Gasteiger partial charge in [-0.25, -0.2) is 4.98 Å². The summed E-state index contributed by atoms with van der Waals surface area (Å²) < 4.78 is 10.9. The maximum atomic E-state index is 13.5. The second-order valence-corrected chi connectivity index (χ2v) is 9.90. The number of nitrogens with one attached hydrogen (secondary N) is 2. The number of benzene rings is 1. The topological polar surface area (TPSA) is 112 Å². The molecule has 0 saturated carbocycles. The third kappa shape index (κ3) is 7.59. The molecule has 1 atom stereocenters. The number of amides is 2. The molecule has 2 N–H and O–H groups in total. The highest BCUT2D eigenvalue weighted by Crippen LogP contribution is 2.30. The van der Waals surface area contributed by atoms with Gasteiger partial charge in [0.25, 0.3) is 5.91 Å². The number of likely N-dealkylation sites (N-methyl/N-ethyl adjacent to an activating group) is 1. The fraction of sp³-hybridized carbons (Fsp3) is 0.481. The van der Waals surface area contributed by atoms with Crippen LogP contribution in [0.5, 0.6) is 5.88 Å². The van der Waals surface area contributed by atoms with Crippen LogP contribution in [-0.4, -0.2) is 104 Å². The third-order valence-electron chi connectivity index (χ3n) is 6.72. The Hall–Kier alpha value is -3.41. The summed E-state index contributed by atoms with van der Waals surface area (Å²) in [4.78, 5) is 40.4. The van der Waals surface area contributed by atoms with Crippen molar-refractivity contribution >= 4 is 40.7 Å². The Labute approximate surface area is 234 Å². The number of likely N-dealkylation sites (tertiary alicyclic amines) is 1. The molecule has 4 rings (SSSR count). The first-order valence-electron chi connectivity index (χ1n) is 13.2. The second-order valence-electron chi connectivity index (χ2n) is 9.49. The van der Waals surface area contributed by atoms with Gasteiger partial charge in [-0.1, -0.05) is 18.2 Å². The zero-order valence-electron chi connectivity index (χ0n) is 22.5. The van der Waals surface area contributed by atoms with Gasteiger partial charge in [0.1, 0.15) is 11.6 Å². The smallest absolute Gasteiger partial charge is 0.254 e. The fourth-order valence-corrected chi connectivity index (χ4v) is 4.70. The molecule has 0 aliphatic carbocycles. The lowest BCUT2D eigenvalue weighted by molar-refractivity contribution is -0.111. The number of aromatic nitrogens is 2. The molecular weight excluding hydrogens is 522 g/mol. The summed E-state index contributed by atoms with van der Waals surface area (Å²) >= 11 is 6.18. The van der Waals surface area contributed by atoms with Crippen LogP contribution in [0, 0.1) is 0 Å². The summed E-state index contributed by atoms with van der Waals surface area (Å²) in [6, 6.07) is 5.41. The molecule has 2 aromatic rings. The monoisotopic (exact) mass is 557 g/mol. The first-order valence-corrected chi connectivity index (χ1v) is 13.6. The predicted octanol–water partition coefficient (Wildman–Crippen LogP) is 2.75. The van der Waals surface area contributed by atoms with Gasteiger partial charge >= 0.3 is 0 Å². The molecule has 1 aromatic heterocycles. The molecule has 11 nitrogen and oxygen atoms in total. The van der Waals surface area contributed by atoms with E-state index in [1.807, 2.05) is 17.9 Å². The van der Waals surface area contributed by atoms with Crippen LogP contribution in [-0.2, 0) is 9.53 Å². The molecule has 39 heavy (non-hydrogen) atoms. The fourth-order valence-electron chi connectivity index (χ4n) is 4.55. The molecule has 2 aliphatic heterocycles. The lowest BCUT2D eigenvalue weighted by Crippen LogP contribution is -2.44. The van der Waals surface area contributed by atoms with E-state index in [9.17, 15) is 9.59 Å². The lowest BCUT2D eigenvalue weighted by Gasteiger charge is -2.35. The Morgan fingerprint density at radius 1 is 1.21 bits per heavy atom. The average molecular weight is 558 g/mol. The van der Waals surface area contributed by atoms with E-state index in [0.717, 1.165) is 38.3 Å². The van der Waals surface area contributed by atoms with Crippen LogP contribution in [0.25, 0.3) is 0 Å². The average Bonchev–Trinajstić information content (AvgIpc) is 3.41. The number of rotatable bonds is 11. The van der Waals surface area contributed by atoms with Crippen molar-refractivity contribution in [2.75, 3.05) is 81.7 Å². The van der Waals surface area contributed by atoms with Gasteiger partial charge in [0.2, 0.25) is 17.7 Å². The lowest BCUT2D eigenvalue weighted by atomic mass is 10.1. The van der Waals surface area contributed by atoms with Gasteiger partial charge in [0, 0.05) is 57.5 Å². The highest BCUT2D eigenvalue weighted by molar-refractivity contribution is 6.31. The van der Waals surface area contributed by atoms with E-state index in [2.05, 4.69) is 44.0 Å².